The fraction of sp³-hybridized carbons (Fsp3) is 0. The first-order valence-corrected chi connectivity index (χ1v) is 21.0. The summed E-state index contributed by atoms with van der Waals surface area (Å²) in [6.45, 7) is 0. The van der Waals surface area contributed by atoms with Gasteiger partial charge in [-0.25, -0.2) is 0 Å². The molecule has 0 spiro atoms. The predicted molar refractivity (Wildman–Crippen MR) is 254 cm³/mol. The molecule has 0 radical (unpaired) electrons. The van der Waals surface area contributed by atoms with E-state index in [0.29, 0.717) is 0 Å². The molecule has 2 nitrogen and oxygen atoms in total. The Morgan fingerprint density at radius 2 is 0.932 bits per heavy atom. The van der Waals surface area contributed by atoms with E-state index < -0.39 is 0 Å². The Hall–Kier alpha value is -7.46. The molecule has 276 valence electrons. The largest absolute Gasteiger partial charge is 0.307 e. The molecule has 59 heavy (non-hydrogen) atoms. The summed E-state index contributed by atoms with van der Waals surface area (Å²) < 4.78 is 5.00. The van der Waals surface area contributed by atoms with Crippen molar-refractivity contribution in [3.8, 4) is 27.9 Å². The highest BCUT2D eigenvalue weighted by Crippen LogP contribution is 2.50. The monoisotopic (exact) mass is 768 g/mol. The second-order valence-corrected chi connectivity index (χ2v) is 16.3. The minimum atomic E-state index is 1.10. The summed E-state index contributed by atoms with van der Waals surface area (Å²) in [6, 6.07) is 80.2. The first-order valence-electron chi connectivity index (χ1n) is 20.2. The quantitative estimate of drug-likeness (QED) is 0.153. The van der Waals surface area contributed by atoms with Crippen LogP contribution in [-0.2, 0) is 0 Å². The summed E-state index contributed by atoms with van der Waals surface area (Å²) in [5.41, 5.74) is 11.6. The lowest BCUT2D eigenvalue weighted by Gasteiger charge is -2.31. The molecule has 2 heterocycles. The molecule has 0 saturated heterocycles. The van der Waals surface area contributed by atoms with Crippen LogP contribution < -0.4 is 4.90 Å². The summed E-state index contributed by atoms with van der Waals surface area (Å²) in [5, 5.41) is 10.0. The van der Waals surface area contributed by atoms with Gasteiger partial charge >= 0.3 is 0 Å². The van der Waals surface area contributed by atoms with Gasteiger partial charge in [-0.1, -0.05) is 170 Å². The van der Waals surface area contributed by atoms with E-state index >= 15 is 0 Å². The molecule has 0 aliphatic carbocycles. The summed E-state index contributed by atoms with van der Waals surface area (Å²) in [6.07, 6.45) is 0. The number of thiophene rings is 1. The van der Waals surface area contributed by atoms with Crippen LogP contribution in [-0.4, -0.2) is 4.57 Å². The van der Waals surface area contributed by atoms with E-state index in [1.165, 1.54) is 80.2 Å². The summed E-state index contributed by atoms with van der Waals surface area (Å²) in [7, 11) is 0. The maximum atomic E-state index is 2.55. The third-order valence-electron chi connectivity index (χ3n) is 12.0. The standard InChI is InChI=1S/C56H36N2S/c1-2-17-37(18-3-1)41-34-33-39(48-35-38-19-4-5-20-40(38)42-21-6-7-22-43(42)48)36-54(41)58(53-31-16-26-47-46-25-10-15-32-55(46)59-56(47)53)52-30-14-13-29-51(52)57-49-27-11-8-23-44(49)45-24-9-12-28-50(45)57/h1-36H. The van der Waals surface area contributed by atoms with Crippen molar-refractivity contribution in [1.29, 1.82) is 0 Å². The lowest BCUT2D eigenvalue weighted by Crippen LogP contribution is -2.14. The molecule has 0 N–H and O–H groups in total. The maximum Gasteiger partial charge on any atom is 0.0703 e. The molecule has 0 amide bonds. The van der Waals surface area contributed by atoms with Gasteiger partial charge in [0.25, 0.3) is 0 Å². The van der Waals surface area contributed by atoms with Crippen LogP contribution in [0, 0.1) is 0 Å². The highest BCUT2D eigenvalue weighted by Gasteiger charge is 2.26. The molecule has 0 aliphatic rings. The lowest BCUT2D eigenvalue weighted by atomic mass is 9.91. The van der Waals surface area contributed by atoms with Crippen LogP contribution in [0.15, 0.2) is 218 Å². The number of rotatable bonds is 6. The van der Waals surface area contributed by atoms with Crippen LogP contribution >= 0.6 is 11.3 Å². The Morgan fingerprint density at radius 3 is 1.73 bits per heavy atom. The zero-order chi connectivity index (χ0) is 38.9. The molecule has 0 bridgehead atoms. The Bertz CT molecular complexity index is 3520. The number of benzene rings is 10. The number of fused-ring (bicyclic) bond motifs is 9. The van der Waals surface area contributed by atoms with Crippen molar-refractivity contribution >= 4 is 91.9 Å². The molecule has 0 saturated carbocycles. The zero-order valence-corrected chi connectivity index (χ0v) is 32.9. The fourth-order valence-electron chi connectivity index (χ4n) is 9.36. The van der Waals surface area contributed by atoms with Crippen molar-refractivity contribution in [3.63, 3.8) is 0 Å². The van der Waals surface area contributed by atoms with Crippen molar-refractivity contribution in [3.05, 3.63) is 218 Å². The molecule has 0 atom stereocenters. The third-order valence-corrected chi connectivity index (χ3v) is 13.2. The molecular weight excluding hydrogens is 733 g/mol. The second-order valence-electron chi connectivity index (χ2n) is 15.2. The van der Waals surface area contributed by atoms with Gasteiger partial charge in [-0.3, -0.25) is 0 Å². The third kappa shape index (κ3) is 5.33. The molecule has 2 aromatic heterocycles. The van der Waals surface area contributed by atoms with Crippen molar-refractivity contribution in [1.82, 2.24) is 4.57 Å². The molecule has 3 heteroatoms. The maximum absolute atomic E-state index is 2.55. The molecular formula is C56H36N2S. The fourth-order valence-corrected chi connectivity index (χ4v) is 10.6. The van der Waals surface area contributed by atoms with Gasteiger partial charge < -0.3 is 9.47 Å². The number of hydrogen-bond donors (Lipinski definition) is 0. The van der Waals surface area contributed by atoms with E-state index in [1.54, 1.807) is 0 Å². The van der Waals surface area contributed by atoms with Gasteiger partial charge in [0.05, 0.1) is 38.5 Å². The van der Waals surface area contributed by atoms with E-state index in [9.17, 15) is 0 Å². The highest BCUT2D eigenvalue weighted by molar-refractivity contribution is 7.26. The van der Waals surface area contributed by atoms with Gasteiger partial charge in [-0.15, -0.1) is 11.3 Å². The van der Waals surface area contributed by atoms with Crippen molar-refractivity contribution in [2.24, 2.45) is 0 Å². The van der Waals surface area contributed by atoms with E-state index in [0.717, 1.165) is 28.3 Å². The number of nitrogens with zero attached hydrogens (tertiary/aromatic N) is 2. The van der Waals surface area contributed by atoms with Crippen LogP contribution in [0.4, 0.5) is 17.1 Å². The Balaban J connectivity index is 1.22. The number of hydrogen-bond acceptors (Lipinski definition) is 2. The van der Waals surface area contributed by atoms with Crippen molar-refractivity contribution in [2.45, 2.75) is 0 Å². The van der Waals surface area contributed by atoms with E-state index in [1.807, 2.05) is 11.3 Å². The SMILES string of the molecule is c1ccc(-c2ccc(-c3cc4ccccc4c4ccccc34)cc2N(c2ccccc2-n2c3ccccc3c3ccccc32)c2cccc3c2sc2ccccc23)cc1. The smallest absolute Gasteiger partial charge is 0.0703 e. The number of aromatic nitrogens is 1. The summed E-state index contributed by atoms with van der Waals surface area (Å²) in [5.74, 6) is 0. The Labute approximate surface area is 346 Å². The Morgan fingerprint density at radius 1 is 0.339 bits per heavy atom. The van der Waals surface area contributed by atoms with Crippen molar-refractivity contribution < 1.29 is 0 Å². The second kappa shape index (κ2) is 13.6. The molecule has 0 aliphatic heterocycles. The van der Waals surface area contributed by atoms with Crippen LogP contribution in [0.25, 0.3) is 91.5 Å². The van der Waals surface area contributed by atoms with Crippen LogP contribution in [0.3, 0.4) is 0 Å². The summed E-state index contributed by atoms with van der Waals surface area (Å²) >= 11 is 1.87. The van der Waals surface area contributed by atoms with E-state index in [-0.39, 0.29) is 0 Å². The minimum Gasteiger partial charge on any atom is -0.307 e. The molecule has 0 fully saturated rings. The average Bonchev–Trinajstić information content (AvgIpc) is 3.86. The molecule has 0 unspecified atom stereocenters. The number of para-hydroxylation sites is 4. The first-order chi connectivity index (χ1) is 29.3. The van der Waals surface area contributed by atoms with Gasteiger partial charge in [-0.2, -0.15) is 0 Å². The average molecular weight is 769 g/mol. The molecule has 12 rings (SSSR count). The normalized spacial score (nSPS) is 11.7. The van der Waals surface area contributed by atoms with Gasteiger partial charge in [0.15, 0.2) is 0 Å². The molecule has 12 aromatic rings. The van der Waals surface area contributed by atoms with Gasteiger partial charge in [0.2, 0.25) is 0 Å². The summed E-state index contributed by atoms with van der Waals surface area (Å²) in [4.78, 5) is 2.55. The predicted octanol–water partition coefficient (Wildman–Crippen LogP) is 16.3. The van der Waals surface area contributed by atoms with Crippen LogP contribution in [0.1, 0.15) is 0 Å². The van der Waals surface area contributed by atoms with Crippen molar-refractivity contribution in [2.75, 3.05) is 4.90 Å². The van der Waals surface area contributed by atoms with Gasteiger partial charge in [0.1, 0.15) is 0 Å². The zero-order valence-electron chi connectivity index (χ0n) is 32.1. The Kier molecular flexibility index (Phi) is 7.75. The van der Waals surface area contributed by atoms with Gasteiger partial charge in [-0.05, 0) is 86.8 Å². The lowest BCUT2D eigenvalue weighted by molar-refractivity contribution is 1.15. The topological polar surface area (TPSA) is 8.17 Å². The van der Waals surface area contributed by atoms with Crippen LogP contribution in [0.2, 0.25) is 0 Å². The first kappa shape index (κ1) is 33.7. The highest BCUT2D eigenvalue weighted by atomic mass is 32.1. The number of anilines is 3. The molecule has 10 aromatic carbocycles. The van der Waals surface area contributed by atoms with E-state index in [2.05, 4.69) is 228 Å². The van der Waals surface area contributed by atoms with E-state index in [4.69, 9.17) is 0 Å². The van der Waals surface area contributed by atoms with Crippen LogP contribution in [0.5, 0.6) is 0 Å². The minimum absolute atomic E-state index is 1.10. The van der Waals surface area contributed by atoms with Gasteiger partial charge in [0, 0.05) is 31.8 Å².